The zero-order valence-corrected chi connectivity index (χ0v) is 6.75. The van der Waals surface area contributed by atoms with Gasteiger partial charge in [-0.15, -0.1) is 0 Å². The Bertz CT molecular complexity index is 94.4. The second-order valence-electron chi connectivity index (χ2n) is 2.61. The van der Waals surface area contributed by atoms with E-state index in [9.17, 15) is 0 Å². The largest absolute Gasteiger partial charge is 0.394 e. The van der Waals surface area contributed by atoms with Gasteiger partial charge in [0.1, 0.15) is 0 Å². The molecule has 4 nitrogen and oxygen atoms in total. The lowest BCUT2D eigenvalue weighted by Crippen LogP contribution is -2.26. The lowest BCUT2D eigenvalue weighted by atomic mass is 10.5. The summed E-state index contributed by atoms with van der Waals surface area (Å²) in [7, 11) is 0. The van der Waals surface area contributed by atoms with Crippen molar-refractivity contribution in [1.29, 1.82) is 0 Å². The van der Waals surface area contributed by atoms with Crippen LogP contribution in [0.2, 0.25) is 0 Å². The molecular weight excluding hydrogens is 144 g/mol. The molecule has 2 N–H and O–H groups in total. The molecule has 11 heavy (non-hydrogen) atoms. The average Bonchev–Trinajstić information content (AvgIpc) is 2.50. The summed E-state index contributed by atoms with van der Waals surface area (Å²) in [4.78, 5) is 2.29. The highest BCUT2D eigenvalue weighted by Gasteiger charge is 2.08. The molecule has 1 saturated heterocycles. The number of hydrogen-bond donors (Lipinski definition) is 2. The van der Waals surface area contributed by atoms with Crippen molar-refractivity contribution in [2.75, 3.05) is 46.1 Å². The van der Waals surface area contributed by atoms with Gasteiger partial charge in [-0.3, -0.25) is 4.90 Å². The third-order valence-corrected chi connectivity index (χ3v) is 1.73. The molecule has 0 spiro atoms. The second-order valence-corrected chi connectivity index (χ2v) is 2.61. The van der Waals surface area contributed by atoms with Crippen LogP contribution < -0.4 is 5.32 Å². The number of nitrogens with one attached hydrogen (secondary N) is 1. The van der Waals surface area contributed by atoms with Crippen LogP contribution >= 0.6 is 0 Å². The molecule has 1 aliphatic heterocycles. The van der Waals surface area contributed by atoms with Gasteiger partial charge < -0.3 is 15.2 Å². The van der Waals surface area contributed by atoms with Gasteiger partial charge in [0.25, 0.3) is 0 Å². The van der Waals surface area contributed by atoms with Gasteiger partial charge in [-0.05, 0) is 0 Å². The minimum atomic E-state index is 0.123. The van der Waals surface area contributed by atoms with Crippen molar-refractivity contribution in [3.8, 4) is 0 Å². The van der Waals surface area contributed by atoms with Crippen molar-refractivity contribution in [2.24, 2.45) is 0 Å². The molecule has 1 fully saturated rings. The first-order valence-corrected chi connectivity index (χ1v) is 4.05. The van der Waals surface area contributed by atoms with E-state index < -0.39 is 0 Å². The van der Waals surface area contributed by atoms with Crippen molar-refractivity contribution in [2.45, 2.75) is 0 Å². The van der Waals surface area contributed by atoms with Gasteiger partial charge in [0.15, 0.2) is 0 Å². The standard InChI is InChI=1S/C7H16N2O2/c10-4-6-11-5-3-9-2-1-8-7-9/h8,10H,1-7H2. The number of hydrogen-bond acceptors (Lipinski definition) is 4. The van der Waals surface area contributed by atoms with Crippen LogP contribution in [0.3, 0.4) is 0 Å². The van der Waals surface area contributed by atoms with Gasteiger partial charge in [-0.1, -0.05) is 0 Å². The molecule has 0 aliphatic carbocycles. The Morgan fingerprint density at radius 2 is 2.36 bits per heavy atom. The lowest BCUT2D eigenvalue weighted by molar-refractivity contribution is 0.0779. The SMILES string of the molecule is OCCOCCN1CCNC1. The van der Waals surface area contributed by atoms with Crippen molar-refractivity contribution >= 4 is 0 Å². The zero-order chi connectivity index (χ0) is 7.94. The molecule has 0 unspecified atom stereocenters. The predicted octanol–water partition coefficient (Wildman–Crippen LogP) is -1.14. The lowest BCUT2D eigenvalue weighted by Gasteiger charge is -2.12. The summed E-state index contributed by atoms with van der Waals surface area (Å²) < 4.78 is 5.13. The highest BCUT2D eigenvalue weighted by atomic mass is 16.5. The maximum absolute atomic E-state index is 8.41. The summed E-state index contributed by atoms with van der Waals surface area (Å²) in [6.45, 7) is 5.44. The maximum Gasteiger partial charge on any atom is 0.0698 e. The first-order valence-electron chi connectivity index (χ1n) is 4.05. The molecule has 0 bridgehead atoms. The summed E-state index contributed by atoms with van der Waals surface area (Å²) in [6, 6.07) is 0. The van der Waals surface area contributed by atoms with E-state index in [2.05, 4.69) is 10.2 Å². The third kappa shape index (κ3) is 3.67. The number of aliphatic hydroxyl groups is 1. The van der Waals surface area contributed by atoms with Crippen molar-refractivity contribution in [1.82, 2.24) is 10.2 Å². The van der Waals surface area contributed by atoms with Gasteiger partial charge in [0.05, 0.1) is 19.8 Å². The van der Waals surface area contributed by atoms with E-state index in [1.165, 1.54) is 0 Å². The number of aliphatic hydroxyl groups excluding tert-OH is 1. The molecule has 0 radical (unpaired) electrons. The molecular formula is C7H16N2O2. The topological polar surface area (TPSA) is 44.7 Å². The van der Waals surface area contributed by atoms with Crippen LogP contribution in [0.25, 0.3) is 0 Å². The molecule has 0 amide bonds. The fourth-order valence-electron chi connectivity index (χ4n) is 1.10. The van der Waals surface area contributed by atoms with E-state index in [1.807, 2.05) is 0 Å². The van der Waals surface area contributed by atoms with Crippen molar-refractivity contribution in [3.05, 3.63) is 0 Å². The summed E-state index contributed by atoms with van der Waals surface area (Å²) >= 11 is 0. The predicted molar refractivity (Wildman–Crippen MR) is 42.3 cm³/mol. The third-order valence-electron chi connectivity index (χ3n) is 1.73. The molecule has 0 aromatic rings. The normalized spacial score (nSPS) is 19.4. The van der Waals surface area contributed by atoms with E-state index in [4.69, 9.17) is 9.84 Å². The minimum absolute atomic E-state index is 0.123. The average molecular weight is 160 g/mol. The molecule has 0 aromatic heterocycles. The summed E-state index contributed by atoms with van der Waals surface area (Å²) in [5, 5.41) is 11.6. The van der Waals surface area contributed by atoms with E-state index in [1.54, 1.807) is 0 Å². The molecule has 1 rings (SSSR count). The molecule has 66 valence electrons. The Morgan fingerprint density at radius 3 is 3.00 bits per heavy atom. The second kappa shape index (κ2) is 5.49. The van der Waals surface area contributed by atoms with Crippen LogP contribution in [-0.2, 0) is 4.74 Å². The zero-order valence-electron chi connectivity index (χ0n) is 6.75. The fraction of sp³-hybridized carbons (Fsp3) is 1.00. The molecule has 0 atom stereocenters. The first kappa shape index (κ1) is 8.93. The van der Waals surface area contributed by atoms with Gasteiger partial charge in [0, 0.05) is 26.3 Å². The smallest absolute Gasteiger partial charge is 0.0698 e. The Morgan fingerprint density at radius 1 is 1.45 bits per heavy atom. The Kier molecular flexibility index (Phi) is 4.45. The Labute approximate surface area is 67.1 Å². The van der Waals surface area contributed by atoms with E-state index >= 15 is 0 Å². The maximum atomic E-state index is 8.41. The highest BCUT2D eigenvalue weighted by Crippen LogP contribution is 1.90. The quantitative estimate of drug-likeness (QED) is 0.499. The van der Waals surface area contributed by atoms with Gasteiger partial charge in [0.2, 0.25) is 0 Å². The van der Waals surface area contributed by atoms with E-state index in [-0.39, 0.29) is 6.61 Å². The number of nitrogens with zero attached hydrogens (tertiary/aromatic N) is 1. The highest BCUT2D eigenvalue weighted by molar-refractivity contribution is 4.64. The molecule has 1 heterocycles. The van der Waals surface area contributed by atoms with Crippen LogP contribution in [0.1, 0.15) is 0 Å². The van der Waals surface area contributed by atoms with Crippen LogP contribution in [0, 0.1) is 0 Å². The summed E-state index contributed by atoms with van der Waals surface area (Å²) in [5.41, 5.74) is 0. The van der Waals surface area contributed by atoms with Crippen molar-refractivity contribution < 1.29 is 9.84 Å². The van der Waals surface area contributed by atoms with Gasteiger partial charge in [-0.2, -0.15) is 0 Å². The van der Waals surface area contributed by atoms with Gasteiger partial charge in [-0.25, -0.2) is 0 Å². The van der Waals surface area contributed by atoms with Gasteiger partial charge >= 0.3 is 0 Å². The fourth-order valence-corrected chi connectivity index (χ4v) is 1.10. The minimum Gasteiger partial charge on any atom is -0.394 e. The first-order chi connectivity index (χ1) is 5.43. The molecule has 4 heteroatoms. The Balaban J connectivity index is 1.86. The summed E-state index contributed by atoms with van der Waals surface area (Å²) in [5.74, 6) is 0. The van der Waals surface area contributed by atoms with Crippen LogP contribution in [0.15, 0.2) is 0 Å². The molecule has 0 aromatic carbocycles. The number of ether oxygens (including phenoxy) is 1. The molecule has 1 aliphatic rings. The van der Waals surface area contributed by atoms with Crippen molar-refractivity contribution in [3.63, 3.8) is 0 Å². The Hall–Kier alpha value is -0.160. The number of rotatable bonds is 5. The van der Waals surface area contributed by atoms with Crippen LogP contribution in [0.4, 0.5) is 0 Å². The van der Waals surface area contributed by atoms with Crippen LogP contribution in [-0.4, -0.2) is 56.1 Å². The van der Waals surface area contributed by atoms with Crippen LogP contribution in [0.5, 0.6) is 0 Å². The molecule has 0 saturated carbocycles. The van der Waals surface area contributed by atoms with E-state index in [0.717, 1.165) is 32.9 Å². The monoisotopic (exact) mass is 160 g/mol. The summed E-state index contributed by atoms with van der Waals surface area (Å²) in [6.07, 6.45) is 0. The van der Waals surface area contributed by atoms with E-state index in [0.29, 0.717) is 6.61 Å².